The normalized spacial score (nSPS) is 16.7. The number of nitrogens with one attached hydrogen (secondary N) is 1. The maximum absolute atomic E-state index is 12.6. The first kappa shape index (κ1) is 22.4. The first-order valence-corrected chi connectivity index (χ1v) is 9.37. The van der Waals surface area contributed by atoms with E-state index in [2.05, 4.69) is 5.32 Å². The van der Waals surface area contributed by atoms with Crippen LogP contribution in [0.4, 0.5) is 0 Å². The van der Waals surface area contributed by atoms with Gasteiger partial charge in [0, 0.05) is 11.1 Å². The summed E-state index contributed by atoms with van der Waals surface area (Å²) in [6.07, 6.45) is 0.813. The van der Waals surface area contributed by atoms with E-state index in [-0.39, 0.29) is 40.6 Å². The van der Waals surface area contributed by atoms with Crippen LogP contribution in [-0.4, -0.2) is 48.7 Å². The zero-order chi connectivity index (χ0) is 21.3. The highest BCUT2D eigenvalue weighted by molar-refractivity contribution is 6.28. The van der Waals surface area contributed by atoms with Gasteiger partial charge >= 0.3 is 11.9 Å². The van der Waals surface area contributed by atoms with Gasteiger partial charge in [-0.1, -0.05) is 24.3 Å². The second kappa shape index (κ2) is 9.23. The van der Waals surface area contributed by atoms with Crippen molar-refractivity contribution in [3.8, 4) is 0 Å². The Kier molecular flexibility index (Phi) is 6.67. The number of esters is 2. The van der Waals surface area contributed by atoms with E-state index in [9.17, 15) is 24.0 Å². The molecule has 0 bridgehead atoms. The SMILES string of the molecule is Cl.O=C(CC(=O)c1cc2c(o1)C(=O)c1ccccc1C2=O)OCOC(=O)[C@@H]1CCCN1. The standard InChI is InChI=1S/C21H17NO8.ClH/c23-15(9-17(24)28-10-29-21(27)14-6-3-7-22-14)16-8-13-18(25)11-4-1-2-5-12(11)19(26)20(13)30-16;/h1-2,4-5,8,14,22H,3,6-7,9-10H2;1H/t14-;/m0./s1. The average Bonchev–Trinajstić information content (AvgIpc) is 3.42. The second-order valence-electron chi connectivity index (χ2n) is 6.90. The molecule has 0 radical (unpaired) electrons. The minimum absolute atomic E-state index is 0. The van der Waals surface area contributed by atoms with Crippen LogP contribution >= 0.6 is 12.4 Å². The number of carbonyl (C=O) groups is 5. The van der Waals surface area contributed by atoms with Crippen molar-refractivity contribution in [1.82, 2.24) is 5.32 Å². The molecule has 1 aromatic heterocycles. The molecule has 9 nitrogen and oxygen atoms in total. The van der Waals surface area contributed by atoms with Gasteiger partial charge in [0.2, 0.25) is 18.4 Å². The van der Waals surface area contributed by atoms with E-state index >= 15 is 0 Å². The molecule has 0 unspecified atom stereocenters. The molecule has 2 heterocycles. The Bertz CT molecular complexity index is 1010. The minimum Gasteiger partial charge on any atom is -0.449 e. The highest BCUT2D eigenvalue weighted by Crippen LogP contribution is 2.30. The van der Waals surface area contributed by atoms with E-state index < -0.39 is 48.5 Å². The summed E-state index contributed by atoms with van der Waals surface area (Å²) in [5, 5.41) is 2.95. The van der Waals surface area contributed by atoms with E-state index in [0.29, 0.717) is 6.42 Å². The molecule has 2 aliphatic rings. The van der Waals surface area contributed by atoms with Gasteiger partial charge in [0.1, 0.15) is 12.5 Å². The lowest BCUT2D eigenvalue weighted by Crippen LogP contribution is -2.33. The first-order valence-electron chi connectivity index (χ1n) is 9.37. The summed E-state index contributed by atoms with van der Waals surface area (Å²) in [6, 6.07) is 7.02. The molecule has 2 aromatic rings. The van der Waals surface area contributed by atoms with Crippen molar-refractivity contribution in [2.45, 2.75) is 25.3 Å². The Hall–Kier alpha value is -3.30. The third-order valence-corrected chi connectivity index (χ3v) is 4.94. The molecule has 0 amide bonds. The average molecular weight is 448 g/mol. The number of halogens is 1. The fourth-order valence-electron chi connectivity index (χ4n) is 3.42. The summed E-state index contributed by atoms with van der Waals surface area (Å²) in [4.78, 5) is 61.0. The highest BCUT2D eigenvalue weighted by Gasteiger charge is 2.34. The minimum atomic E-state index is -0.928. The number of carbonyl (C=O) groups excluding carboxylic acids is 5. The van der Waals surface area contributed by atoms with E-state index in [4.69, 9.17) is 13.9 Å². The summed E-state index contributed by atoms with van der Waals surface area (Å²) in [5.74, 6) is -3.67. The number of hydrogen-bond acceptors (Lipinski definition) is 9. The Labute approximate surface area is 182 Å². The van der Waals surface area contributed by atoms with Gasteiger partial charge in [-0.25, -0.2) is 0 Å². The van der Waals surface area contributed by atoms with Gasteiger partial charge < -0.3 is 19.2 Å². The van der Waals surface area contributed by atoms with Crippen molar-refractivity contribution in [3.05, 3.63) is 58.5 Å². The molecule has 1 aliphatic heterocycles. The van der Waals surface area contributed by atoms with E-state index in [0.717, 1.165) is 19.0 Å². The van der Waals surface area contributed by atoms with Gasteiger partial charge in [-0.2, -0.15) is 0 Å². The number of fused-ring (bicyclic) bond motifs is 2. The number of rotatable bonds is 6. The first-order chi connectivity index (χ1) is 14.5. The van der Waals surface area contributed by atoms with Crippen LogP contribution in [0.3, 0.4) is 0 Å². The van der Waals surface area contributed by atoms with Gasteiger partial charge in [0.05, 0.1) is 5.56 Å². The number of Topliss-reactive ketones (excluding diaryl/α,β-unsaturated/α-hetero) is 1. The zero-order valence-electron chi connectivity index (χ0n) is 16.2. The Morgan fingerprint density at radius 1 is 1.03 bits per heavy atom. The van der Waals surface area contributed by atoms with Crippen molar-refractivity contribution >= 4 is 41.7 Å². The van der Waals surface area contributed by atoms with Crippen LogP contribution in [0.1, 0.15) is 61.9 Å². The number of hydrogen-bond donors (Lipinski definition) is 1. The number of ether oxygens (including phenoxy) is 2. The van der Waals surface area contributed by atoms with Crippen molar-refractivity contribution in [3.63, 3.8) is 0 Å². The van der Waals surface area contributed by atoms with Gasteiger partial charge in [0.25, 0.3) is 0 Å². The lowest BCUT2D eigenvalue weighted by Gasteiger charge is -2.11. The molecule has 1 N–H and O–H groups in total. The van der Waals surface area contributed by atoms with Gasteiger partial charge in [-0.05, 0) is 25.5 Å². The van der Waals surface area contributed by atoms with Crippen LogP contribution in [0.2, 0.25) is 0 Å². The molecule has 1 fully saturated rings. The highest BCUT2D eigenvalue weighted by atomic mass is 35.5. The molecule has 162 valence electrons. The predicted molar refractivity (Wildman–Crippen MR) is 106 cm³/mol. The molecule has 0 spiro atoms. The van der Waals surface area contributed by atoms with Crippen LogP contribution < -0.4 is 5.32 Å². The maximum Gasteiger partial charge on any atom is 0.326 e. The molecular weight excluding hydrogens is 430 g/mol. The topological polar surface area (TPSA) is 129 Å². The van der Waals surface area contributed by atoms with Crippen molar-refractivity contribution in [2.75, 3.05) is 13.3 Å². The van der Waals surface area contributed by atoms with E-state index in [1.807, 2.05) is 0 Å². The molecule has 10 heteroatoms. The molecule has 1 atom stereocenters. The number of ketones is 3. The van der Waals surface area contributed by atoms with Crippen molar-refractivity contribution in [1.29, 1.82) is 0 Å². The van der Waals surface area contributed by atoms with Gasteiger partial charge in [-0.3, -0.25) is 24.0 Å². The summed E-state index contributed by atoms with van der Waals surface area (Å²) >= 11 is 0. The third kappa shape index (κ3) is 4.42. The molecule has 4 rings (SSSR count). The summed E-state index contributed by atoms with van der Waals surface area (Å²) in [6.45, 7) is 0.112. The third-order valence-electron chi connectivity index (χ3n) is 4.94. The monoisotopic (exact) mass is 447 g/mol. The van der Waals surface area contributed by atoms with Crippen molar-refractivity contribution < 1.29 is 37.9 Å². The summed E-state index contributed by atoms with van der Waals surface area (Å²) in [5.41, 5.74) is 0.405. The largest absolute Gasteiger partial charge is 0.449 e. The summed E-state index contributed by atoms with van der Waals surface area (Å²) in [7, 11) is 0. The molecule has 1 aliphatic carbocycles. The van der Waals surface area contributed by atoms with Crippen LogP contribution in [0.15, 0.2) is 34.7 Å². The lowest BCUT2D eigenvalue weighted by molar-refractivity contribution is -0.167. The second-order valence-corrected chi connectivity index (χ2v) is 6.90. The Balaban J connectivity index is 0.00000272. The van der Waals surface area contributed by atoms with Crippen LogP contribution in [0.5, 0.6) is 0 Å². The maximum atomic E-state index is 12.6. The van der Waals surface area contributed by atoms with Crippen LogP contribution in [0, 0.1) is 0 Å². The molecule has 1 saturated heterocycles. The summed E-state index contributed by atoms with van der Waals surface area (Å²) < 4.78 is 14.9. The zero-order valence-corrected chi connectivity index (χ0v) is 17.0. The fraction of sp³-hybridized carbons (Fsp3) is 0.286. The predicted octanol–water partition coefficient (Wildman–Crippen LogP) is 1.85. The Morgan fingerprint density at radius 3 is 2.42 bits per heavy atom. The molecule has 31 heavy (non-hydrogen) atoms. The Morgan fingerprint density at radius 2 is 1.74 bits per heavy atom. The fourth-order valence-corrected chi connectivity index (χ4v) is 3.42. The molecule has 0 saturated carbocycles. The van der Waals surface area contributed by atoms with E-state index in [1.165, 1.54) is 12.1 Å². The number of furan rings is 1. The quantitative estimate of drug-likeness (QED) is 0.260. The van der Waals surface area contributed by atoms with Gasteiger partial charge in [-0.15, -0.1) is 12.4 Å². The lowest BCUT2D eigenvalue weighted by atomic mass is 9.88. The van der Waals surface area contributed by atoms with Gasteiger partial charge in [0.15, 0.2) is 17.3 Å². The molecule has 1 aromatic carbocycles. The smallest absolute Gasteiger partial charge is 0.326 e. The van der Waals surface area contributed by atoms with Crippen LogP contribution in [-0.2, 0) is 19.1 Å². The van der Waals surface area contributed by atoms with Crippen LogP contribution in [0.25, 0.3) is 0 Å². The van der Waals surface area contributed by atoms with Crippen molar-refractivity contribution in [2.24, 2.45) is 0 Å². The molecular formula is C21H18ClNO8. The van der Waals surface area contributed by atoms with E-state index in [1.54, 1.807) is 12.1 Å². The number of benzene rings is 1.